The molecule has 2 aliphatic heterocycles. The molecule has 1 unspecified atom stereocenters. The Morgan fingerprint density at radius 3 is 2.60 bits per heavy atom. The van der Waals surface area contributed by atoms with Crippen molar-refractivity contribution in [3.63, 3.8) is 0 Å². The van der Waals surface area contributed by atoms with E-state index in [0.29, 0.717) is 12.1 Å². The molecule has 4 nitrogen and oxygen atoms in total. The maximum atomic E-state index is 12.6. The zero-order valence-electron chi connectivity index (χ0n) is 15.5. The number of likely N-dealkylation sites (tertiary alicyclic amines) is 1. The lowest BCUT2D eigenvalue weighted by Crippen LogP contribution is -2.44. The summed E-state index contributed by atoms with van der Waals surface area (Å²) in [6.45, 7) is 8.23. The third-order valence-corrected chi connectivity index (χ3v) is 5.51. The number of halogens is 1. The standard InChI is InChI=1S/C20H31N3O.ClH/c1-15-5-7-17(8-6-15)19(23-11-3-4-12-23)14-22-20(24)18-9-10-21-16(2)13-18;/h5-8,16,18-19,21H,3-4,9-14H2,1-2H3,(H,22,24);1H/t16-,18-,19?;/m0./s1. The Morgan fingerprint density at radius 1 is 1.28 bits per heavy atom. The van der Waals surface area contributed by atoms with E-state index in [0.717, 1.165) is 39.0 Å². The van der Waals surface area contributed by atoms with Gasteiger partial charge >= 0.3 is 0 Å². The zero-order chi connectivity index (χ0) is 16.9. The molecular formula is C20H32ClN3O. The quantitative estimate of drug-likeness (QED) is 0.842. The van der Waals surface area contributed by atoms with Gasteiger partial charge in [0.2, 0.25) is 5.91 Å². The molecule has 0 saturated carbocycles. The van der Waals surface area contributed by atoms with E-state index in [1.807, 2.05) is 0 Å². The van der Waals surface area contributed by atoms with Crippen LogP contribution in [0.4, 0.5) is 0 Å². The van der Waals surface area contributed by atoms with E-state index in [1.54, 1.807) is 0 Å². The lowest BCUT2D eigenvalue weighted by Gasteiger charge is -2.31. The molecule has 1 aromatic carbocycles. The number of carbonyl (C=O) groups is 1. The molecule has 0 bridgehead atoms. The molecule has 5 heteroatoms. The predicted octanol–water partition coefficient (Wildman–Crippen LogP) is 3.06. The summed E-state index contributed by atoms with van der Waals surface area (Å²) in [5.74, 6) is 0.401. The van der Waals surface area contributed by atoms with E-state index < -0.39 is 0 Å². The van der Waals surface area contributed by atoms with E-state index in [9.17, 15) is 4.79 Å². The molecule has 1 amide bonds. The number of aryl methyl sites for hydroxylation is 1. The van der Waals surface area contributed by atoms with Crippen LogP contribution in [-0.4, -0.2) is 43.0 Å². The first-order chi connectivity index (χ1) is 11.6. The minimum absolute atomic E-state index is 0. The van der Waals surface area contributed by atoms with Crippen molar-refractivity contribution in [1.82, 2.24) is 15.5 Å². The normalized spacial score (nSPS) is 25.2. The van der Waals surface area contributed by atoms with Gasteiger partial charge in [-0.3, -0.25) is 9.69 Å². The molecule has 2 fully saturated rings. The number of hydrogen-bond donors (Lipinski definition) is 2. The van der Waals surface area contributed by atoms with Crippen molar-refractivity contribution in [2.45, 2.75) is 51.6 Å². The second kappa shape index (κ2) is 9.56. The summed E-state index contributed by atoms with van der Waals surface area (Å²) < 4.78 is 0. The summed E-state index contributed by atoms with van der Waals surface area (Å²) >= 11 is 0. The van der Waals surface area contributed by atoms with Gasteiger partial charge in [-0.05, 0) is 64.7 Å². The van der Waals surface area contributed by atoms with Gasteiger partial charge in [0.15, 0.2) is 0 Å². The summed E-state index contributed by atoms with van der Waals surface area (Å²) in [7, 11) is 0. The molecule has 0 spiro atoms. The molecular weight excluding hydrogens is 334 g/mol. The average molecular weight is 366 g/mol. The van der Waals surface area contributed by atoms with Gasteiger partial charge < -0.3 is 10.6 Å². The van der Waals surface area contributed by atoms with Crippen molar-refractivity contribution in [3.05, 3.63) is 35.4 Å². The molecule has 1 aromatic rings. The Morgan fingerprint density at radius 2 is 1.96 bits per heavy atom. The minimum atomic E-state index is 0. The largest absolute Gasteiger partial charge is 0.354 e. The van der Waals surface area contributed by atoms with Crippen LogP contribution in [-0.2, 0) is 4.79 Å². The number of piperidine rings is 1. The third-order valence-electron chi connectivity index (χ3n) is 5.51. The van der Waals surface area contributed by atoms with Gasteiger partial charge in [0.25, 0.3) is 0 Å². The van der Waals surface area contributed by atoms with Crippen molar-refractivity contribution < 1.29 is 4.79 Å². The summed E-state index contributed by atoms with van der Waals surface area (Å²) in [5.41, 5.74) is 2.60. The lowest BCUT2D eigenvalue weighted by atomic mass is 9.92. The first-order valence-electron chi connectivity index (χ1n) is 9.45. The Labute approximate surface area is 158 Å². The van der Waals surface area contributed by atoms with E-state index >= 15 is 0 Å². The monoisotopic (exact) mass is 365 g/mol. The van der Waals surface area contributed by atoms with Crippen LogP contribution in [0.1, 0.15) is 49.8 Å². The highest BCUT2D eigenvalue weighted by Crippen LogP contribution is 2.25. The van der Waals surface area contributed by atoms with Gasteiger partial charge in [-0.25, -0.2) is 0 Å². The number of hydrogen-bond acceptors (Lipinski definition) is 3. The molecule has 2 N–H and O–H groups in total. The van der Waals surface area contributed by atoms with E-state index in [4.69, 9.17) is 0 Å². The average Bonchev–Trinajstić information content (AvgIpc) is 3.11. The number of benzene rings is 1. The SMILES string of the molecule is Cc1ccc(C(CNC(=O)[C@H]2CCN[C@@H](C)C2)N2CCCC2)cc1.Cl. The number of rotatable bonds is 5. The minimum Gasteiger partial charge on any atom is -0.354 e. The number of carbonyl (C=O) groups excluding carboxylic acids is 1. The molecule has 2 heterocycles. The fourth-order valence-corrected chi connectivity index (χ4v) is 4.01. The van der Waals surface area contributed by atoms with Gasteiger partial charge in [0, 0.05) is 18.5 Å². The molecule has 0 aliphatic carbocycles. The molecule has 140 valence electrons. The summed E-state index contributed by atoms with van der Waals surface area (Å²) in [5, 5.41) is 6.67. The first-order valence-corrected chi connectivity index (χ1v) is 9.45. The van der Waals surface area contributed by atoms with Gasteiger partial charge in [-0.15, -0.1) is 12.4 Å². The second-order valence-electron chi connectivity index (χ2n) is 7.49. The van der Waals surface area contributed by atoms with Gasteiger partial charge in [-0.2, -0.15) is 0 Å². The van der Waals surface area contributed by atoms with E-state index in [2.05, 4.69) is 53.6 Å². The molecule has 0 radical (unpaired) electrons. The van der Waals surface area contributed by atoms with Crippen molar-refractivity contribution in [1.29, 1.82) is 0 Å². The first kappa shape index (κ1) is 20.2. The van der Waals surface area contributed by atoms with Crippen LogP contribution in [0.25, 0.3) is 0 Å². The van der Waals surface area contributed by atoms with E-state index in [1.165, 1.54) is 24.0 Å². The molecule has 0 aromatic heterocycles. The van der Waals surface area contributed by atoms with Crippen LogP contribution in [0.3, 0.4) is 0 Å². The van der Waals surface area contributed by atoms with Crippen LogP contribution in [0.15, 0.2) is 24.3 Å². The molecule has 25 heavy (non-hydrogen) atoms. The lowest BCUT2D eigenvalue weighted by molar-refractivity contribution is -0.126. The van der Waals surface area contributed by atoms with Gasteiger partial charge in [-0.1, -0.05) is 29.8 Å². The van der Waals surface area contributed by atoms with Crippen LogP contribution in [0.5, 0.6) is 0 Å². The Bertz CT molecular complexity index is 542. The van der Waals surface area contributed by atoms with Crippen LogP contribution >= 0.6 is 12.4 Å². The van der Waals surface area contributed by atoms with Crippen LogP contribution < -0.4 is 10.6 Å². The maximum absolute atomic E-state index is 12.6. The number of nitrogens with one attached hydrogen (secondary N) is 2. The summed E-state index contributed by atoms with van der Waals surface area (Å²) in [4.78, 5) is 15.1. The fourth-order valence-electron chi connectivity index (χ4n) is 4.01. The Balaban J connectivity index is 0.00000225. The van der Waals surface area contributed by atoms with Gasteiger partial charge in [0.1, 0.15) is 0 Å². The van der Waals surface area contributed by atoms with Gasteiger partial charge in [0.05, 0.1) is 6.04 Å². The van der Waals surface area contributed by atoms with Crippen molar-refractivity contribution in [2.75, 3.05) is 26.2 Å². The maximum Gasteiger partial charge on any atom is 0.223 e. The summed E-state index contributed by atoms with van der Waals surface area (Å²) in [6.07, 6.45) is 4.43. The predicted molar refractivity (Wildman–Crippen MR) is 105 cm³/mol. The molecule has 2 aliphatic rings. The highest BCUT2D eigenvalue weighted by Gasteiger charge is 2.27. The van der Waals surface area contributed by atoms with Crippen molar-refractivity contribution in [2.24, 2.45) is 5.92 Å². The topological polar surface area (TPSA) is 44.4 Å². The van der Waals surface area contributed by atoms with Crippen molar-refractivity contribution >= 4 is 18.3 Å². The smallest absolute Gasteiger partial charge is 0.223 e. The molecule has 3 atom stereocenters. The molecule has 3 rings (SSSR count). The molecule has 2 saturated heterocycles. The Kier molecular flexibility index (Phi) is 7.73. The van der Waals surface area contributed by atoms with Crippen LogP contribution in [0, 0.1) is 12.8 Å². The third kappa shape index (κ3) is 5.44. The fraction of sp³-hybridized carbons (Fsp3) is 0.650. The number of nitrogens with zero attached hydrogens (tertiary/aromatic N) is 1. The number of amides is 1. The highest BCUT2D eigenvalue weighted by molar-refractivity contribution is 5.85. The zero-order valence-corrected chi connectivity index (χ0v) is 16.3. The highest BCUT2D eigenvalue weighted by atomic mass is 35.5. The van der Waals surface area contributed by atoms with Crippen molar-refractivity contribution in [3.8, 4) is 0 Å². The van der Waals surface area contributed by atoms with E-state index in [-0.39, 0.29) is 24.2 Å². The second-order valence-corrected chi connectivity index (χ2v) is 7.49. The Hall–Kier alpha value is -1.10. The summed E-state index contributed by atoms with van der Waals surface area (Å²) in [6, 6.07) is 9.54. The van der Waals surface area contributed by atoms with Crippen LogP contribution in [0.2, 0.25) is 0 Å².